The van der Waals surface area contributed by atoms with Crippen molar-refractivity contribution in [3.8, 4) is 11.3 Å². The van der Waals surface area contributed by atoms with E-state index in [9.17, 15) is 22.8 Å². The highest BCUT2D eigenvalue weighted by Crippen LogP contribution is 2.37. The van der Waals surface area contributed by atoms with Crippen LogP contribution < -0.4 is 4.90 Å². The molecule has 0 atom stereocenters. The molecule has 4 nitrogen and oxygen atoms in total. The van der Waals surface area contributed by atoms with Gasteiger partial charge in [0.05, 0.1) is 16.2 Å². The van der Waals surface area contributed by atoms with Crippen molar-refractivity contribution in [2.45, 2.75) is 13.1 Å². The molecule has 8 heteroatoms. The number of amides is 2. The van der Waals surface area contributed by atoms with Crippen LogP contribution in [0.25, 0.3) is 17.4 Å². The number of hydrogen-bond donors (Lipinski definition) is 0. The lowest BCUT2D eigenvalue weighted by atomic mass is 10.1. The third-order valence-corrected chi connectivity index (χ3v) is 5.33. The number of anilines is 1. The molecule has 2 heterocycles. The van der Waals surface area contributed by atoms with Crippen LogP contribution in [0, 0.1) is 6.92 Å². The van der Waals surface area contributed by atoms with Crippen LogP contribution in [0.5, 0.6) is 0 Å². The Morgan fingerprint density at radius 1 is 1.00 bits per heavy atom. The molecule has 0 saturated carbocycles. The number of furan rings is 1. The molecule has 1 aromatic heterocycles. The number of alkyl halides is 3. The van der Waals surface area contributed by atoms with Gasteiger partial charge in [0, 0.05) is 11.6 Å². The molecule has 3 aromatic rings. The molecule has 152 valence electrons. The summed E-state index contributed by atoms with van der Waals surface area (Å²) in [4.78, 5) is 26.3. The van der Waals surface area contributed by atoms with Crippen LogP contribution in [-0.4, -0.2) is 11.1 Å². The molecule has 1 saturated heterocycles. The number of carbonyl (C=O) groups excluding carboxylic acids is 2. The van der Waals surface area contributed by atoms with Gasteiger partial charge >= 0.3 is 6.18 Å². The van der Waals surface area contributed by atoms with Crippen molar-refractivity contribution in [1.29, 1.82) is 0 Å². The largest absolute Gasteiger partial charge is 0.457 e. The van der Waals surface area contributed by atoms with Gasteiger partial charge in [-0.05, 0) is 55.1 Å². The normalized spacial score (nSPS) is 16.0. The first kappa shape index (κ1) is 20.0. The minimum absolute atomic E-state index is 0.172. The number of imide groups is 1. The number of thioether (sulfide) groups is 1. The van der Waals surface area contributed by atoms with Gasteiger partial charge in [0.2, 0.25) is 0 Å². The molecule has 0 radical (unpaired) electrons. The van der Waals surface area contributed by atoms with Gasteiger partial charge < -0.3 is 4.42 Å². The summed E-state index contributed by atoms with van der Waals surface area (Å²) in [5.74, 6) is 0.00722. The molecule has 1 fully saturated rings. The number of halogens is 3. The number of rotatable bonds is 3. The van der Waals surface area contributed by atoms with E-state index in [0.29, 0.717) is 5.69 Å². The van der Waals surface area contributed by atoms with Crippen LogP contribution in [0.3, 0.4) is 0 Å². The second-order valence-corrected chi connectivity index (χ2v) is 7.63. The van der Waals surface area contributed by atoms with Gasteiger partial charge in [0.15, 0.2) is 0 Å². The molecule has 30 heavy (non-hydrogen) atoms. The molecule has 4 rings (SSSR count). The molecule has 0 aliphatic carbocycles. The standard InChI is InChI=1S/C22H14F3NO3S/c1-13-5-7-16(8-6-13)26-20(27)19(30-21(26)28)12-17-9-10-18(29-17)14-3-2-4-15(11-14)22(23,24)25/h2-12H,1H3/b19-12-. The van der Waals surface area contributed by atoms with E-state index in [1.165, 1.54) is 30.3 Å². The van der Waals surface area contributed by atoms with Gasteiger partial charge in [-0.25, -0.2) is 4.90 Å². The lowest BCUT2D eigenvalue weighted by molar-refractivity contribution is -0.137. The van der Waals surface area contributed by atoms with Crippen LogP contribution in [-0.2, 0) is 11.0 Å². The number of carbonyl (C=O) groups is 2. The zero-order valence-electron chi connectivity index (χ0n) is 15.6. The summed E-state index contributed by atoms with van der Waals surface area (Å²) in [5, 5.41) is -0.431. The third kappa shape index (κ3) is 3.91. The highest BCUT2D eigenvalue weighted by Gasteiger charge is 2.36. The maximum atomic E-state index is 12.9. The van der Waals surface area contributed by atoms with Crippen LogP contribution >= 0.6 is 11.8 Å². The Bertz CT molecular complexity index is 1160. The van der Waals surface area contributed by atoms with E-state index in [-0.39, 0.29) is 22.0 Å². The fourth-order valence-electron chi connectivity index (χ4n) is 2.95. The summed E-state index contributed by atoms with van der Waals surface area (Å²) in [6.07, 6.45) is -3.05. The minimum atomic E-state index is -4.46. The molecule has 1 aliphatic rings. The van der Waals surface area contributed by atoms with E-state index in [1.54, 1.807) is 24.3 Å². The van der Waals surface area contributed by atoms with Crippen molar-refractivity contribution in [2.75, 3.05) is 4.90 Å². The summed E-state index contributed by atoms with van der Waals surface area (Å²) in [6, 6.07) is 14.8. The molecule has 2 aromatic carbocycles. The Morgan fingerprint density at radius 3 is 2.43 bits per heavy atom. The quantitative estimate of drug-likeness (QED) is 0.445. The maximum absolute atomic E-state index is 12.9. The lowest BCUT2D eigenvalue weighted by Gasteiger charge is -2.12. The summed E-state index contributed by atoms with van der Waals surface area (Å²) < 4.78 is 44.4. The van der Waals surface area contributed by atoms with Crippen molar-refractivity contribution in [1.82, 2.24) is 0 Å². The van der Waals surface area contributed by atoms with Gasteiger partial charge in [-0.2, -0.15) is 13.2 Å². The number of nitrogens with zero attached hydrogens (tertiary/aromatic N) is 1. The van der Waals surface area contributed by atoms with Gasteiger partial charge in [-0.15, -0.1) is 0 Å². The van der Waals surface area contributed by atoms with Gasteiger partial charge in [-0.1, -0.05) is 29.8 Å². The van der Waals surface area contributed by atoms with Crippen LogP contribution in [0.15, 0.2) is 70.0 Å². The van der Waals surface area contributed by atoms with Crippen molar-refractivity contribution in [3.05, 3.63) is 82.5 Å². The van der Waals surface area contributed by atoms with Crippen molar-refractivity contribution >= 4 is 34.7 Å². The van der Waals surface area contributed by atoms with Crippen LogP contribution in [0.4, 0.5) is 23.7 Å². The second kappa shape index (κ2) is 7.53. The molecule has 0 N–H and O–H groups in total. The zero-order chi connectivity index (χ0) is 21.5. The van der Waals surface area contributed by atoms with E-state index < -0.39 is 22.9 Å². The highest BCUT2D eigenvalue weighted by molar-refractivity contribution is 8.19. The monoisotopic (exact) mass is 429 g/mol. The van der Waals surface area contributed by atoms with E-state index in [2.05, 4.69) is 0 Å². The highest BCUT2D eigenvalue weighted by atomic mass is 32.2. The first-order valence-electron chi connectivity index (χ1n) is 8.84. The molecule has 2 amide bonds. The van der Waals surface area contributed by atoms with Crippen molar-refractivity contribution < 1.29 is 27.2 Å². The fraction of sp³-hybridized carbons (Fsp3) is 0.0909. The summed E-state index contributed by atoms with van der Waals surface area (Å²) in [6.45, 7) is 1.90. The SMILES string of the molecule is Cc1ccc(N2C(=O)S/C(=C\c3ccc(-c4cccc(C(F)(F)F)c4)o3)C2=O)cc1. The topological polar surface area (TPSA) is 50.5 Å². The molecule has 1 aliphatic heterocycles. The lowest BCUT2D eigenvalue weighted by Crippen LogP contribution is -2.27. The summed E-state index contributed by atoms with van der Waals surface area (Å²) in [7, 11) is 0. The maximum Gasteiger partial charge on any atom is 0.416 e. The number of benzene rings is 2. The Labute approximate surface area is 174 Å². The Hall–Kier alpha value is -3.26. The van der Waals surface area contributed by atoms with Crippen LogP contribution in [0.2, 0.25) is 0 Å². The first-order valence-corrected chi connectivity index (χ1v) is 9.66. The van der Waals surface area contributed by atoms with E-state index in [4.69, 9.17) is 4.42 Å². The average Bonchev–Trinajstić information content (AvgIpc) is 3.27. The van der Waals surface area contributed by atoms with Gasteiger partial charge in [0.25, 0.3) is 11.1 Å². The zero-order valence-corrected chi connectivity index (χ0v) is 16.4. The average molecular weight is 429 g/mol. The predicted molar refractivity (Wildman–Crippen MR) is 109 cm³/mol. The third-order valence-electron chi connectivity index (χ3n) is 4.46. The molecule has 0 unspecified atom stereocenters. The van der Waals surface area contributed by atoms with E-state index in [1.807, 2.05) is 6.92 Å². The number of hydrogen-bond acceptors (Lipinski definition) is 4. The van der Waals surface area contributed by atoms with E-state index >= 15 is 0 Å². The Balaban J connectivity index is 1.60. The van der Waals surface area contributed by atoms with Crippen LogP contribution in [0.1, 0.15) is 16.9 Å². The molecule has 0 spiro atoms. The molecular weight excluding hydrogens is 415 g/mol. The fourth-order valence-corrected chi connectivity index (χ4v) is 3.77. The molecule has 0 bridgehead atoms. The van der Waals surface area contributed by atoms with Crippen molar-refractivity contribution in [2.24, 2.45) is 0 Å². The Morgan fingerprint density at radius 2 is 1.73 bits per heavy atom. The van der Waals surface area contributed by atoms with E-state index in [0.717, 1.165) is 34.4 Å². The minimum Gasteiger partial charge on any atom is -0.457 e. The Kier molecular flexibility index (Phi) is 5.03. The second-order valence-electron chi connectivity index (χ2n) is 6.63. The van der Waals surface area contributed by atoms with Gasteiger partial charge in [-0.3, -0.25) is 9.59 Å². The summed E-state index contributed by atoms with van der Waals surface area (Å²) in [5.41, 5.74) is 0.948. The number of aryl methyl sites for hydroxylation is 1. The summed E-state index contributed by atoms with van der Waals surface area (Å²) >= 11 is 0.776. The predicted octanol–water partition coefficient (Wildman–Crippen LogP) is 6.51. The smallest absolute Gasteiger partial charge is 0.416 e. The van der Waals surface area contributed by atoms with Crippen molar-refractivity contribution in [3.63, 3.8) is 0 Å². The first-order chi connectivity index (χ1) is 14.2. The molecular formula is C22H14F3NO3S. The van der Waals surface area contributed by atoms with Gasteiger partial charge in [0.1, 0.15) is 11.5 Å².